The second-order valence-corrected chi connectivity index (χ2v) is 7.09. The molecule has 1 aliphatic heterocycles. The van der Waals surface area contributed by atoms with E-state index in [4.69, 9.17) is 4.74 Å². The summed E-state index contributed by atoms with van der Waals surface area (Å²) in [6.45, 7) is 5.70. The second-order valence-electron chi connectivity index (χ2n) is 7.09. The lowest BCUT2D eigenvalue weighted by atomic mass is 10.2. The van der Waals surface area contributed by atoms with Crippen LogP contribution >= 0.6 is 0 Å². The summed E-state index contributed by atoms with van der Waals surface area (Å²) in [5.74, 6) is 0.629. The summed E-state index contributed by atoms with van der Waals surface area (Å²) in [7, 11) is 0. The summed E-state index contributed by atoms with van der Waals surface area (Å²) in [4.78, 5) is 17.0. The molecule has 0 atom stereocenters. The van der Waals surface area contributed by atoms with Gasteiger partial charge in [0, 0.05) is 49.3 Å². The summed E-state index contributed by atoms with van der Waals surface area (Å²) < 4.78 is 6.03. The van der Waals surface area contributed by atoms with Gasteiger partial charge in [0.05, 0.1) is 0 Å². The van der Waals surface area contributed by atoms with Crippen LogP contribution in [0.2, 0.25) is 0 Å². The van der Waals surface area contributed by atoms with Crippen LogP contribution in [0.5, 0.6) is 5.88 Å². The quantitative estimate of drug-likeness (QED) is 0.582. The van der Waals surface area contributed by atoms with Crippen molar-refractivity contribution in [3.05, 3.63) is 60.9 Å². The number of nitrogens with one attached hydrogen (secondary N) is 1. The number of piperazine rings is 1. The molecule has 0 spiro atoms. The molecule has 1 saturated heterocycles. The Morgan fingerprint density at radius 2 is 1.68 bits per heavy atom. The van der Waals surface area contributed by atoms with Crippen molar-refractivity contribution in [1.82, 2.24) is 19.9 Å². The minimum absolute atomic E-state index is 0.618. The highest BCUT2D eigenvalue weighted by Crippen LogP contribution is 2.28. The van der Waals surface area contributed by atoms with E-state index in [1.165, 1.54) is 5.69 Å². The highest BCUT2D eigenvalue weighted by atomic mass is 16.5. The molecule has 0 radical (unpaired) electrons. The van der Waals surface area contributed by atoms with Gasteiger partial charge in [0.25, 0.3) is 0 Å². The molecule has 0 saturated carbocycles. The molecule has 3 heterocycles. The fraction of sp³-hybridized carbons (Fsp3) is 0.273. The van der Waals surface area contributed by atoms with Gasteiger partial charge in [0.15, 0.2) is 0 Å². The van der Waals surface area contributed by atoms with Crippen molar-refractivity contribution < 1.29 is 4.74 Å². The molecule has 6 nitrogen and oxygen atoms in total. The van der Waals surface area contributed by atoms with E-state index in [1.807, 2.05) is 18.2 Å². The zero-order chi connectivity index (χ0) is 18.8. The third-order valence-corrected chi connectivity index (χ3v) is 5.39. The summed E-state index contributed by atoms with van der Waals surface area (Å²) in [5.41, 5.74) is 4.15. The van der Waals surface area contributed by atoms with E-state index in [0.29, 0.717) is 12.5 Å². The van der Waals surface area contributed by atoms with Crippen molar-refractivity contribution in [2.24, 2.45) is 0 Å². The molecule has 28 heavy (non-hydrogen) atoms. The van der Waals surface area contributed by atoms with Crippen molar-refractivity contribution in [2.75, 3.05) is 44.2 Å². The molecule has 1 fully saturated rings. The third kappa shape index (κ3) is 3.27. The minimum Gasteiger partial charge on any atom is -0.475 e. The molecule has 6 heteroatoms. The first-order valence-corrected chi connectivity index (χ1v) is 9.75. The lowest BCUT2D eigenvalue weighted by Gasteiger charge is -2.36. The van der Waals surface area contributed by atoms with Gasteiger partial charge < -0.3 is 14.6 Å². The standard InChI is InChI=1S/C22H23N5O/c1-2-6-17(7-3-1)27-12-10-26(11-13-27)14-15-28-22-21-20(23-16-24-22)18-8-4-5-9-19(18)25-21/h1-9,16,25H,10-15H2. The number of fused-ring (bicyclic) bond motifs is 3. The van der Waals surface area contributed by atoms with Gasteiger partial charge in [-0.25, -0.2) is 4.98 Å². The number of hydrogen-bond acceptors (Lipinski definition) is 5. The summed E-state index contributed by atoms with van der Waals surface area (Å²) in [5, 5.41) is 1.10. The van der Waals surface area contributed by atoms with E-state index in [0.717, 1.165) is 54.7 Å². The zero-order valence-corrected chi connectivity index (χ0v) is 15.7. The predicted molar refractivity (Wildman–Crippen MR) is 112 cm³/mol. The van der Waals surface area contributed by atoms with Crippen LogP contribution in [0.3, 0.4) is 0 Å². The van der Waals surface area contributed by atoms with Gasteiger partial charge >= 0.3 is 0 Å². The van der Waals surface area contributed by atoms with E-state index in [-0.39, 0.29) is 0 Å². The Labute approximate surface area is 163 Å². The molecule has 0 amide bonds. The highest BCUT2D eigenvalue weighted by Gasteiger charge is 2.17. The van der Waals surface area contributed by atoms with Gasteiger partial charge in [-0.3, -0.25) is 4.90 Å². The predicted octanol–water partition coefficient (Wildman–Crippen LogP) is 3.31. The number of aromatic nitrogens is 3. The summed E-state index contributed by atoms with van der Waals surface area (Å²) in [6.07, 6.45) is 1.58. The van der Waals surface area contributed by atoms with Gasteiger partial charge in [0.1, 0.15) is 24.0 Å². The normalized spacial score (nSPS) is 15.4. The average molecular weight is 373 g/mol. The number of H-pyrrole nitrogens is 1. The van der Waals surface area contributed by atoms with Gasteiger partial charge in [0.2, 0.25) is 5.88 Å². The van der Waals surface area contributed by atoms with Crippen LogP contribution in [0.15, 0.2) is 60.9 Å². The third-order valence-electron chi connectivity index (χ3n) is 5.39. The van der Waals surface area contributed by atoms with Gasteiger partial charge in [-0.15, -0.1) is 0 Å². The zero-order valence-electron chi connectivity index (χ0n) is 15.7. The Morgan fingerprint density at radius 1 is 0.893 bits per heavy atom. The molecule has 142 valence electrons. The van der Waals surface area contributed by atoms with E-state index in [2.05, 4.69) is 61.1 Å². The molecular formula is C22H23N5O. The summed E-state index contributed by atoms with van der Waals surface area (Å²) >= 11 is 0. The largest absolute Gasteiger partial charge is 0.475 e. The first-order valence-electron chi connectivity index (χ1n) is 9.75. The maximum atomic E-state index is 6.03. The Morgan fingerprint density at radius 3 is 2.54 bits per heavy atom. The van der Waals surface area contributed by atoms with E-state index < -0.39 is 0 Å². The molecule has 0 unspecified atom stereocenters. The molecule has 1 N–H and O–H groups in total. The van der Waals surface area contributed by atoms with Gasteiger partial charge in [-0.05, 0) is 18.2 Å². The molecule has 2 aromatic heterocycles. The number of benzene rings is 2. The Bertz CT molecular complexity index is 1070. The van der Waals surface area contributed by atoms with Crippen LogP contribution in [0.25, 0.3) is 21.9 Å². The van der Waals surface area contributed by atoms with E-state index >= 15 is 0 Å². The maximum absolute atomic E-state index is 6.03. The Hall–Kier alpha value is -3.12. The number of hydrogen-bond donors (Lipinski definition) is 1. The van der Waals surface area contributed by atoms with Crippen LogP contribution in [0, 0.1) is 0 Å². The minimum atomic E-state index is 0.618. The molecule has 4 aromatic rings. The van der Waals surface area contributed by atoms with Crippen molar-refractivity contribution in [2.45, 2.75) is 0 Å². The Kier molecular flexibility index (Phi) is 4.54. The fourth-order valence-electron chi connectivity index (χ4n) is 3.87. The molecular weight excluding hydrogens is 350 g/mol. The molecule has 5 rings (SSSR count). The molecule has 1 aliphatic rings. The van der Waals surface area contributed by atoms with E-state index in [9.17, 15) is 0 Å². The number of para-hydroxylation sites is 2. The molecule has 0 aliphatic carbocycles. The second kappa shape index (κ2) is 7.48. The van der Waals surface area contributed by atoms with Crippen molar-refractivity contribution in [3.8, 4) is 5.88 Å². The first-order chi connectivity index (χ1) is 13.9. The van der Waals surface area contributed by atoms with Crippen LogP contribution < -0.4 is 9.64 Å². The van der Waals surface area contributed by atoms with Crippen LogP contribution in [-0.2, 0) is 0 Å². The average Bonchev–Trinajstić information content (AvgIpc) is 3.15. The number of anilines is 1. The van der Waals surface area contributed by atoms with Crippen molar-refractivity contribution in [3.63, 3.8) is 0 Å². The number of nitrogens with zero attached hydrogens (tertiary/aromatic N) is 4. The SMILES string of the molecule is c1ccc(N2CCN(CCOc3ncnc4c3[nH]c3ccccc34)CC2)cc1. The smallest absolute Gasteiger partial charge is 0.241 e. The Balaban J connectivity index is 1.20. The summed E-state index contributed by atoms with van der Waals surface area (Å²) in [6, 6.07) is 18.8. The highest BCUT2D eigenvalue weighted by molar-refractivity contribution is 6.06. The van der Waals surface area contributed by atoms with Gasteiger partial charge in [-0.2, -0.15) is 4.98 Å². The van der Waals surface area contributed by atoms with Crippen LogP contribution in [-0.4, -0.2) is 59.2 Å². The number of ether oxygens (including phenoxy) is 1. The number of aromatic amines is 1. The first kappa shape index (κ1) is 17.0. The van der Waals surface area contributed by atoms with Crippen LogP contribution in [0.4, 0.5) is 5.69 Å². The lowest BCUT2D eigenvalue weighted by Crippen LogP contribution is -2.47. The van der Waals surface area contributed by atoms with Crippen LogP contribution in [0.1, 0.15) is 0 Å². The van der Waals surface area contributed by atoms with Crippen molar-refractivity contribution in [1.29, 1.82) is 0 Å². The van der Waals surface area contributed by atoms with Gasteiger partial charge in [-0.1, -0.05) is 36.4 Å². The fourth-order valence-corrected chi connectivity index (χ4v) is 3.87. The number of rotatable bonds is 5. The van der Waals surface area contributed by atoms with Crippen molar-refractivity contribution >= 4 is 27.6 Å². The monoisotopic (exact) mass is 373 g/mol. The maximum Gasteiger partial charge on any atom is 0.241 e. The molecule has 2 aromatic carbocycles. The topological polar surface area (TPSA) is 57.3 Å². The van der Waals surface area contributed by atoms with E-state index in [1.54, 1.807) is 6.33 Å². The lowest BCUT2D eigenvalue weighted by molar-refractivity contribution is 0.198. The molecule has 0 bridgehead atoms.